The molecule has 1 atom stereocenters. The first-order valence-electron chi connectivity index (χ1n) is 9.97. The summed E-state index contributed by atoms with van der Waals surface area (Å²) < 4.78 is 13.7. The molecule has 0 fully saturated rings. The quantitative estimate of drug-likeness (QED) is 0.535. The fourth-order valence-corrected chi connectivity index (χ4v) is 3.20. The van der Waals surface area contributed by atoms with Gasteiger partial charge in [0.15, 0.2) is 0 Å². The Hall–Kier alpha value is -3.74. The maximum Gasteiger partial charge on any atom is 0.272 e. The summed E-state index contributed by atoms with van der Waals surface area (Å²) in [6, 6.07) is 18.2. The Morgan fingerprint density at radius 1 is 0.871 bits per heavy atom. The molecule has 3 aromatic rings. The zero-order valence-electron chi connectivity index (χ0n) is 17.3. The minimum absolute atomic E-state index is 0.114. The normalized spacial score (nSPS) is 11.7. The van der Waals surface area contributed by atoms with E-state index in [9.17, 15) is 18.8 Å². The van der Waals surface area contributed by atoms with E-state index in [2.05, 4.69) is 16.2 Å². The van der Waals surface area contributed by atoms with Gasteiger partial charge in [-0.25, -0.2) is 4.39 Å². The van der Waals surface area contributed by atoms with Gasteiger partial charge in [-0.3, -0.25) is 25.2 Å². The highest BCUT2D eigenvalue weighted by molar-refractivity contribution is 5.96. The Balaban J connectivity index is 1.60. The van der Waals surface area contributed by atoms with E-state index in [0.717, 1.165) is 22.4 Å². The van der Waals surface area contributed by atoms with Gasteiger partial charge in [0.25, 0.3) is 11.8 Å². The van der Waals surface area contributed by atoms with Gasteiger partial charge < -0.3 is 5.32 Å². The first kappa shape index (κ1) is 22.0. The van der Waals surface area contributed by atoms with Crippen LogP contribution in [0.15, 0.2) is 66.7 Å². The number of rotatable bonds is 6. The average molecular weight is 421 g/mol. The largest absolute Gasteiger partial charge is 0.344 e. The number of benzene rings is 3. The number of hydrogen-bond donors (Lipinski definition) is 3. The molecule has 6 nitrogen and oxygen atoms in total. The number of halogens is 1. The molecule has 160 valence electrons. The predicted octanol–water partition coefficient (Wildman–Crippen LogP) is 3.12. The Morgan fingerprint density at radius 3 is 2.26 bits per heavy atom. The molecule has 3 N–H and O–H groups in total. The number of amides is 3. The van der Waals surface area contributed by atoms with Crippen molar-refractivity contribution in [2.24, 2.45) is 5.92 Å². The van der Waals surface area contributed by atoms with Crippen molar-refractivity contribution in [1.82, 2.24) is 16.2 Å². The van der Waals surface area contributed by atoms with Crippen molar-refractivity contribution < 1.29 is 18.8 Å². The number of hydrazine groups is 1. The average Bonchev–Trinajstić information content (AvgIpc) is 2.75. The monoisotopic (exact) mass is 421 g/mol. The Bertz CT molecular complexity index is 1110. The van der Waals surface area contributed by atoms with Crippen molar-refractivity contribution in [3.05, 3.63) is 83.7 Å². The second kappa shape index (κ2) is 9.84. The van der Waals surface area contributed by atoms with Gasteiger partial charge in [0.2, 0.25) is 5.91 Å². The molecule has 0 bridgehead atoms. The van der Waals surface area contributed by atoms with E-state index in [1.165, 1.54) is 18.2 Å². The highest BCUT2D eigenvalue weighted by Crippen LogP contribution is 2.16. The topological polar surface area (TPSA) is 87.3 Å². The predicted molar refractivity (Wildman–Crippen MR) is 116 cm³/mol. The third-order valence-electron chi connectivity index (χ3n) is 4.86. The van der Waals surface area contributed by atoms with Crippen LogP contribution in [-0.4, -0.2) is 23.8 Å². The van der Waals surface area contributed by atoms with Gasteiger partial charge in [-0.1, -0.05) is 68.4 Å². The van der Waals surface area contributed by atoms with E-state index in [-0.39, 0.29) is 23.8 Å². The molecule has 3 aromatic carbocycles. The maximum atomic E-state index is 13.7. The molecule has 0 aliphatic heterocycles. The van der Waals surface area contributed by atoms with Gasteiger partial charge in [-0.05, 0) is 34.4 Å². The van der Waals surface area contributed by atoms with Crippen LogP contribution in [0.2, 0.25) is 0 Å². The molecule has 31 heavy (non-hydrogen) atoms. The number of nitrogens with one attached hydrogen (secondary N) is 3. The van der Waals surface area contributed by atoms with Crippen molar-refractivity contribution in [2.45, 2.75) is 26.3 Å². The minimum Gasteiger partial charge on any atom is -0.344 e. The molecule has 7 heteroatoms. The van der Waals surface area contributed by atoms with Crippen molar-refractivity contribution in [2.75, 3.05) is 0 Å². The van der Waals surface area contributed by atoms with E-state index in [1.54, 1.807) is 13.8 Å². The van der Waals surface area contributed by atoms with Crippen molar-refractivity contribution >= 4 is 28.5 Å². The Kier molecular flexibility index (Phi) is 6.97. The van der Waals surface area contributed by atoms with Crippen LogP contribution in [0.3, 0.4) is 0 Å². The van der Waals surface area contributed by atoms with Gasteiger partial charge in [0, 0.05) is 0 Å². The highest BCUT2D eigenvalue weighted by atomic mass is 19.1. The molecular weight excluding hydrogens is 397 g/mol. The second-order valence-corrected chi connectivity index (χ2v) is 7.57. The van der Waals surface area contributed by atoms with Crippen molar-refractivity contribution in [3.8, 4) is 0 Å². The summed E-state index contributed by atoms with van der Waals surface area (Å²) >= 11 is 0. The molecule has 3 amide bonds. The van der Waals surface area contributed by atoms with Crippen LogP contribution < -0.4 is 16.2 Å². The third kappa shape index (κ3) is 5.66. The van der Waals surface area contributed by atoms with E-state index in [0.29, 0.717) is 0 Å². The first-order chi connectivity index (χ1) is 14.8. The zero-order valence-corrected chi connectivity index (χ0v) is 17.3. The molecule has 0 aliphatic carbocycles. The van der Waals surface area contributed by atoms with Crippen LogP contribution in [-0.2, 0) is 16.0 Å². The Labute approximate surface area is 179 Å². The van der Waals surface area contributed by atoms with Gasteiger partial charge in [-0.15, -0.1) is 0 Å². The molecule has 0 heterocycles. The molecule has 0 aromatic heterocycles. The van der Waals surface area contributed by atoms with E-state index >= 15 is 0 Å². The van der Waals surface area contributed by atoms with Crippen LogP contribution in [0, 0.1) is 11.7 Å². The molecule has 0 saturated heterocycles. The fourth-order valence-electron chi connectivity index (χ4n) is 3.20. The molecule has 1 unspecified atom stereocenters. The summed E-state index contributed by atoms with van der Waals surface area (Å²) in [5, 5.41) is 4.82. The molecule has 0 saturated carbocycles. The van der Waals surface area contributed by atoms with E-state index in [1.807, 2.05) is 42.5 Å². The second-order valence-electron chi connectivity index (χ2n) is 7.57. The molecule has 0 radical (unpaired) electrons. The SMILES string of the molecule is CC(C)C(NC(=O)Cc1ccc2ccccc2c1)C(=O)NNC(=O)c1ccccc1F. The summed E-state index contributed by atoms with van der Waals surface area (Å²) in [5.41, 5.74) is 5.09. The summed E-state index contributed by atoms with van der Waals surface area (Å²) in [6.07, 6.45) is 0.114. The van der Waals surface area contributed by atoms with Crippen LogP contribution in [0.4, 0.5) is 4.39 Å². The van der Waals surface area contributed by atoms with Crippen molar-refractivity contribution in [1.29, 1.82) is 0 Å². The van der Waals surface area contributed by atoms with Crippen LogP contribution in [0.1, 0.15) is 29.8 Å². The molecule has 3 rings (SSSR count). The van der Waals surface area contributed by atoms with E-state index in [4.69, 9.17) is 0 Å². The third-order valence-corrected chi connectivity index (χ3v) is 4.86. The van der Waals surface area contributed by atoms with Crippen LogP contribution in [0.5, 0.6) is 0 Å². The molecular formula is C24H24FN3O3. The number of carbonyl (C=O) groups is 3. The lowest BCUT2D eigenvalue weighted by Crippen LogP contribution is -2.54. The van der Waals surface area contributed by atoms with Gasteiger partial charge in [0.1, 0.15) is 11.9 Å². The smallest absolute Gasteiger partial charge is 0.272 e. The standard InChI is InChI=1S/C24H24FN3O3/c1-15(2)22(24(31)28-27-23(30)19-9-5-6-10-20(19)25)26-21(29)14-16-11-12-17-7-3-4-8-18(17)13-16/h3-13,15,22H,14H2,1-2H3,(H,26,29)(H,27,30)(H,28,31). The van der Waals surface area contributed by atoms with E-state index < -0.39 is 23.7 Å². The molecule has 0 aliphatic rings. The molecule has 0 spiro atoms. The van der Waals surface area contributed by atoms with Crippen LogP contribution in [0.25, 0.3) is 10.8 Å². The van der Waals surface area contributed by atoms with Gasteiger partial charge in [0.05, 0.1) is 12.0 Å². The van der Waals surface area contributed by atoms with Crippen LogP contribution >= 0.6 is 0 Å². The summed E-state index contributed by atoms with van der Waals surface area (Å²) in [6.45, 7) is 3.55. The van der Waals surface area contributed by atoms with Gasteiger partial charge >= 0.3 is 0 Å². The summed E-state index contributed by atoms with van der Waals surface area (Å²) in [4.78, 5) is 37.2. The lowest BCUT2D eigenvalue weighted by atomic mass is 10.0. The number of hydrogen-bond acceptors (Lipinski definition) is 3. The number of fused-ring (bicyclic) bond motifs is 1. The zero-order chi connectivity index (χ0) is 22.4. The highest BCUT2D eigenvalue weighted by Gasteiger charge is 2.25. The Morgan fingerprint density at radius 2 is 1.55 bits per heavy atom. The minimum atomic E-state index is -0.867. The fraction of sp³-hybridized carbons (Fsp3) is 0.208. The maximum absolute atomic E-state index is 13.7. The lowest BCUT2D eigenvalue weighted by Gasteiger charge is -2.22. The summed E-state index contributed by atoms with van der Waals surface area (Å²) in [5.74, 6) is -2.61. The lowest BCUT2D eigenvalue weighted by molar-refractivity contribution is -0.130. The number of carbonyl (C=O) groups excluding carboxylic acids is 3. The van der Waals surface area contributed by atoms with Gasteiger partial charge in [-0.2, -0.15) is 0 Å². The first-order valence-corrected chi connectivity index (χ1v) is 9.97. The van der Waals surface area contributed by atoms with Crippen molar-refractivity contribution in [3.63, 3.8) is 0 Å². The summed E-state index contributed by atoms with van der Waals surface area (Å²) in [7, 11) is 0.